The van der Waals surface area contributed by atoms with Gasteiger partial charge in [-0.3, -0.25) is 19.1 Å². The maximum absolute atomic E-state index is 11.8. The number of hydrogen-bond donors (Lipinski definition) is 3. The summed E-state index contributed by atoms with van der Waals surface area (Å²) in [6.45, 7) is 1.49. The van der Waals surface area contributed by atoms with Crippen LogP contribution in [-0.4, -0.2) is 40.0 Å². The van der Waals surface area contributed by atoms with Crippen LogP contribution in [0.1, 0.15) is 12.8 Å². The third-order valence-electron chi connectivity index (χ3n) is 3.24. The van der Waals surface area contributed by atoms with Crippen LogP contribution < -0.4 is 22.3 Å². The van der Waals surface area contributed by atoms with Crippen LogP contribution in [0.5, 0.6) is 0 Å². The fourth-order valence-electron chi connectivity index (χ4n) is 2.05. The van der Waals surface area contributed by atoms with E-state index in [-0.39, 0.29) is 24.0 Å². The van der Waals surface area contributed by atoms with Gasteiger partial charge in [0.1, 0.15) is 11.5 Å². The number of nitrogens with two attached hydrogens (primary N) is 1. The van der Waals surface area contributed by atoms with Gasteiger partial charge in [0, 0.05) is 20.1 Å². The average molecular weight is 267 g/mol. The highest BCUT2D eigenvalue weighted by molar-refractivity contribution is 5.82. The van der Waals surface area contributed by atoms with Crippen LogP contribution in [0, 0.1) is 0 Å². The molecule has 8 heteroatoms. The Morgan fingerprint density at radius 2 is 2.00 bits per heavy atom. The molecule has 0 unspecified atom stereocenters. The van der Waals surface area contributed by atoms with Crippen LogP contribution in [-0.2, 0) is 11.8 Å². The normalized spacial score (nSPS) is 14.7. The Morgan fingerprint density at radius 3 is 2.63 bits per heavy atom. The van der Waals surface area contributed by atoms with Gasteiger partial charge in [0.15, 0.2) is 0 Å². The van der Waals surface area contributed by atoms with E-state index < -0.39 is 11.2 Å². The summed E-state index contributed by atoms with van der Waals surface area (Å²) in [5.74, 6) is -0.0619. The van der Waals surface area contributed by atoms with Gasteiger partial charge in [0.25, 0.3) is 5.56 Å². The van der Waals surface area contributed by atoms with Crippen LogP contribution in [0.4, 0.5) is 11.5 Å². The molecule has 1 saturated heterocycles. The molecule has 1 fully saturated rings. The summed E-state index contributed by atoms with van der Waals surface area (Å²) < 4.78 is 1.12. The number of likely N-dealkylation sites (tertiary alicyclic amines) is 1. The van der Waals surface area contributed by atoms with Crippen molar-refractivity contribution in [3.05, 3.63) is 20.8 Å². The number of nitrogen functional groups attached to an aromatic ring is 1. The zero-order valence-corrected chi connectivity index (χ0v) is 10.7. The number of aromatic amines is 1. The standard InChI is InChI=1S/C11H17N5O3/c1-15-9(12)8(10(18)14-11(15)19)13-6-7(17)16-4-2-3-5-16/h13H,2-6,12H2,1H3,(H,14,18,19). The summed E-state index contributed by atoms with van der Waals surface area (Å²) in [4.78, 5) is 38.6. The number of H-pyrrole nitrogens is 1. The van der Waals surface area contributed by atoms with Crippen molar-refractivity contribution in [3.8, 4) is 0 Å². The lowest BCUT2D eigenvalue weighted by Gasteiger charge is -2.16. The van der Waals surface area contributed by atoms with Crippen molar-refractivity contribution in [1.29, 1.82) is 0 Å². The lowest BCUT2D eigenvalue weighted by molar-refractivity contribution is -0.128. The van der Waals surface area contributed by atoms with E-state index >= 15 is 0 Å². The predicted octanol–water partition coefficient (Wildman–Crippen LogP) is -1.31. The summed E-state index contributed by atoms with van der Waals surface area (Å²) in [7, 11) is 1.45. The third kappa shape index (κ3) is 2.61. The van der Waals surface area contributed by atoms with Gasteiger partial charge in [-0.05, 0) is 12.8 Å². The molecular formula is C11H17N5O3. The smallest absolute Gasteiger partial charge is 0.329 e. The number of nitrogens with one attached hydrogen (secondary N) is 2. The van der Waals surface area contributed by atoms with Crippen LogP contribution in [0.2, 0.25) is 0 Å². The Bertz CT molecular complexity index is 597. The fourth-order valence-corrected chi connectivity index (χ4v) is 2.05. The molecular weight excluding hydrogens is 250 g/mol. The van der Waals surface area contributed by atoms with E-state index in [9.17, 15) is 14.4 Å². The van der Waals surface area contributed by atoms with Crippen LogP contribution in [0.15, 0.2) is 9.59 Å². The third-order valence-corrected chi connectivity index (χ3v) is 3.24. The summed E-state index contributed by atoms with van der Waals surface area (Å²) >= 11 is 0. The van der Waals surface area contributed by atoms with Gasteiger partial charge in [0.05, 0.1) is 6.54 Å². The molecule has 0 bridgehead atoms. The highest BCUT2D eigenvalue weighted by Gasteiger charge is 2.18. The first kappa shape index (κ1) is 13.2. The maximum Gasteiger partial charge on any atom is 0.329 e. The van der Waals surface area contributed by atoms with Gasteiger partial charge >= 0.3 is 5.69 Å². The average Bonchev–Trinajstić information content (AvgIpc) is 2.89. The second-order valence-electron chi connectivity index (χ2n) is 4.52. The Labute approximate surface area is 109 Å². The molecule has 8 nitrogen and oxygen atoms in total. The van der Waals surface area contributed by atoms with Crippen molar-refractivity contribution in [2.75, 3.05) is 30.7 Å². The van der Waals surface area contributed by atoms with Crippen molar-refractivity contribution < 1.29 is 4.79 Å². The zero-order valence-electron chi connectivity index (χ0n) is 10.7. The van der Waals surface area contributed by atoms with Gasteiger partial charge < -0.3 is 16.0 Å². The molecule has 0 saturated carbocycles. The molecule has 104 valence electrons. The number of carbonyl (C=O) groups excluding carboxylic acids is 1. The Morgan fingerprint density at radius 1 is 1.37 bits per heavy atom. The molecule has 1 amide bonds. The van der Waals surface area contributed by atoms with E-state index in [0.29, 0.717) is 0 Å². The van der Waals surface area contributed by atoms with Gasteiger partial charge in [-0.1, -0.05) is 0 Å². The summed E-state index contributed by atoms with van der Waals surface area (Å²) in [5, 5.41) is 2.71. The van der Waals surface area contributed by atoms with Gasteiger partial charge in [-0.2, -0.15) is 0 Å². The lowest BCUT2D eigenvalue weighted by Crippen LogP contribution is -2.36. The van der Waals surface area contributed by atoms with E-state index in [1.807, 2.05) is 0 Å². The van der Waals surface area contributed by atoms with E-state index in [1.165, 1.54) is 7.05 Å². The molecule has 0 atom stereocenters. The molecule has 1 aliphatic rings. The number of rotatable bonds is 3. The molecule has 0 aromatic carbocycles. The lowest BCUT2D eigenvalue weighted by atomic mass is 10.4. The number of nitrogens with zero attached hydrogens (tertiary/aromatic N) is 2. The Kier molecular flexibility index (Phi) is 3.59. The summed E-state index contributed by atoms with van der Waals surface area (Å²) in [5.41, 5.74) is 4.53. The minimum absolute atomic E-state index is 0.00845. The van der Waals surface area contributed by atoms with Crippen LogP contribution in [0.3, 0.4) is 0 Å². The molecule has 1 aromatic rings. The minimum atomic E-state index is -0.616. The second kappa shape index (κ2) is 5.17. The molecule has 0 radical (unpaired) electrons. The zero-order chi connectivity index (χ0) is 14.0. The SMILES string of the molecule is Cn1c(N)c(NCC(=O)N2CCCC2)c(=O)[nH]c1=O. The van der Waals surface area contributed by atoms with Crippen molar-refractivity contribution in [1.82, 2.24) is 14.5 Å². The van der Waals surface area contributed by atoms with Gasteiger partial charge in [-0.25, -0.2) is 4.79 Å². The van der Waals surface area contributed by atoms with Crippen molar-refractivity contribution in [3.63, 3.8) is 0 Å². The van der Waals surface area contributed by atoms with Crippen molar-refractivity contribution >= 4 is 17.4 Å². The van der Waals surface area contributed by atoms with E-state index in [0.717, 1.165) is 30.5 Å². The molecule has 1 aromatic heterocycles. The first-order chi connectivity index (χ1) is 9.00. The molecule has 1 aliphatic heterocycles. The number of anilines is 2. The quantitative estimate of drug-likeness (QED) is 0.629. The topological polar surface area (TPSA) is 113 Å². The highest BCUT2D eigenvalue weighted by Crippen LogP contribution is 2.10. The second-order valence-corrected chi connectivity index (χ2v) is 4.52. The van der Waals surface area contributed by atoms with Crippen molar-refractivity contribution in [2.45, 2.75) is 12.8 Å². The summed E-state index contributed by atoms with van der Waals surface area (Å²) in [6.07, 6.45) is 2.02. The minimum Gasteiger partial charge on any atom is -0.383 e. The fraction of sp³-hybridized carbons (Fsp3) is 0.545. The molecule has 0 aliphatic carbocycles. The number of hydrogen-bond acceptors (Lipinski definition) is 5. The first-order valence-electron chi connectivity index (χ1n) is 6.11. The molecule has 19 heavy (non-hydrogen) atoms. The number of aromatic nitrogens is 2. The highest BCUT2D eigenvalue weighted by atomic mass is 16.2. The van der Waals surface area contributed by atoms with Gasteiger partial charge in [0.2, 0.25) is 5.91 Å². The Balaban J connectivity index is 2.11. The van der Waals surface area contributed by atoms with E-state index in [4.69, 9.17) is 5.73 Å². The van der Waals surface area contributed by atoms with E-state index in [2.05, 4.69) is 10.3 Å². The Hall–Kier alpha value is -2.25. The molecule has 0 spiro atoms. The molecule has 2 rings (SSSR count). The molecule has 2 heterocycles. The van der Waals surface area contributed by atoms with Gasteiger partial charge in [-0.15, -0.1) is 0 Å². The van der Waals surface area contributed by atoms with E-state index in [1.54, 1.807) is 4.90 Å². The molecule has 4 N–H and O–H groups in total. The van der Waals surface area contributed by atoms with Crippen LogP contribution >= 0.6 is 0 Å². The summed E-state index contributed by atoms with van der Waals surface area (Å²) in [6, 6.07) is 0. The first-order valence-corrected chi connectivity index (χ1v) is 6.11. The number of amides is 1. The largest absolute Gasteiger partial charge is 0.383 e. The monoisotopic (exact) mass is 267 g/mol. The maximum atomic E-state index is 11.8. The number of carbonyl (C=O) groups is 1. The van der Waals surface area contributed by atoms with Crippen LogP contribution in [0.25, 0.3) is 0 Å². The van der Waals surface area contributed by atoms with Crippen molar-refractivity contribution in [2.24, 2.45) is 7.05 Å². The predicted molar refractivity (Wildman–Crippen MR) is 71.0 cm³/mol.